The molecule has 0 aliphatic carbocycles. The van der Waals surface area contributed by atoms with Gasteiger partial charge in [-0.2, -0.15) is 0 Å². The van der Waals surface area contributed by atoms with Gasteiger partial charge in [0.15, 0.2) is 0 Å². The second-order valence-corrected chi connectivity index (χ2v) is 2.34. The van der Waals surface area contributed by atoms with Gasteiger partial charge in [-0.15, -0.1) is 4.48 Å². The third-order valence-electron chi connectivity index (χ3n) is 1.18. The van der Waals surface area contributed by atoms with Crippen molar-refractivity contribution in [1.29, 1.82) is 0 Å². The average Bonchev–Trinajstić information content (AvgIpc) is 1.88. The number of benzene rings is 1. The Balaban J connectivity index is 3.03. The average molecular weight is 160 g/mol. The molecule has 0 spiro atoms. The standard InChI is InChI=1S/C7H7ClFN/c1-10(9)7-5-3-2-4-6(7)8/h2-5H,1H3. The molecule has 1 rings (SSSR count). The molecule has 0 bridgehead atoms. The summed E-state index contributed by atoms with van der Waals surface area (Å²) >= 11 is 5.64. The quantitative estimate of drug-likeness (QED) is 0.570. The predicted octanol–water partition coefficient (Wildman–Crippen LogP) is 2.66. The maximum Gasteiger partial charge on any atom is 0.0870 e. The second-order valence-electron chi connectivity index (χ2n) is 1.93. The van der Waals surface area contributed by atoms with Gasteiger partial charge in [-0.1, -0.05) is 23.7 Å². The fraction of sp³-hybridized carbons (Fsp3) is 0.143. The van der Waals surface area contributed by atoms with Crippen LogP contribution in [0.15, 0.2) is 24.3 Å². The molecule has 1 aromatic rings. The van der Waals surface area contributed by atoms with E-state index in [0.29, 0.717) is 15.8 Å². The predicted molar refractivity (Wildman–Crippen MR) is 41.0 cm³/mol. The van der Waals surface area contributed by atoms with Crippen molar-refractivity contribution >= 4 is 17.3 Å². The van der Waals surface area contributed by atoms with Gasteiger partial charge in [0.05, 0.1) is 10.7 Å². The van der Waals surface area contributed by atoms with Crippen LogP contribution in [0.2, 0.25) is 5.02 Å². The molecule has 0 aliphatic rings. The highest BCUT2D eigenvalue weighted by molar-refractivity contribution is 6.33. The van der Waals surface area contributed by atoms with Crippen LogP contribution in [0.5, 0.6) is 0 Å². The molecular formula is C7H7ClFN. The van der Waals surface area contributed by atoms with Gasteiger partial charge in [0.1, 0.15) is 0 Å². The van der Waals surface area contributed by atoms with E-state index in [1.54, 1.807) is 24.3 Å². The Labute approximate surface area is 64.0 Å². The van der Waals surface area contributed by atoms with E-state index in [2.05, 4.69) is 0 Å². The Hall–Kier alpha value is -0.760. The SMILES string of the molecule is CN(F)c1ccccc1Cl. The van der Waals surface area contributed by atoms with Crippen LogP contribution >= 0.6 is 11.6 Å². The third kappa shape index (κ3) is 1.39. The number of halogens is 2. The normalized spacial score (nSPS) is 9.50. The molecule has 54 valence electrons. The Morgan fingerprint density at radius 3 is 2.40 bits per heavy atom. The lowest BCUT2D eigenvalue weighted by molar-refractivity contribution is 0.476. The van der Waals surface area contributed by atoms with Crippen LogP contribution in [0.4, 0.5) is 10.2 Å². The molecule has 10 heavy (non-hydrogen) atoms. The van der Waals surface area contributed by atoms with Crippen molar-refractivity contribution in [3.63, 3.8) is 0 Å². The molecule has 0 saturated carbocycles. The number of hydrogen-bond acceptors (Lipinski definition) is 1. The highest BCUT2D eigenvalue weighted by Gasteiger charge is 2.01. The first-order valence-electron chi connectivity index (χ1n) is 2.86. The zero-order valence-corrected chi connectivity index (χ0v) is 6.27. The number of nitrogens with zero attached hydrogens (tertiary/aromatic N) is 1. The summed E-state index contributed by atoms with van der Waals surface area (Å²) in [5, 5.41) is 0.912. The van der Waals surface area contributed by atoms with Crippen LogP contribution < -0.4 is 5.12 Å². The van der Waals surface area contributed by atoms with Crippen LogP contribution in [0.25, 0.3) is 0 Å². The summed E-state index contributed by atoms with van der Waals surface area (Å²) in [7, 11) is 1.31. The van der Waals surface area contributed by atoms with Gasteiger partial charge in [-0.25, -0.2) is 5.12 Å². The Morgan fingerprint density at radius 2 is 2.00 bits per heavy atom. The van der Waals surface area contributed by atoms with E-state index >= 15 is 0 Å². The molecule has 1 nitrogen and oxygen atoms in total. The maximum atomic E-state index is 12.4. The number of para-hydroxylation sites is 1. The smallest absolute Gasteiger partial charge is 0.0870 e. The molecule has 0 amide bonds. The van der Waals surface area contributed by atoms with Gasteiger partial charge >= 0.3 is 0 Å². The fourth-order valence-electron chi connectivity index (χ4n) is 0.702. The van der Waals surface area contributed by atoms with Gasteiger partial charge in [0, 0.05) is 7.05 Å². The van der Waals surface area contributed by atoms with Gasteiger partial charge in [0.2, 0.25) is 0 Å². The van der Waals surface area contributed by atoms with Crippen molar-refractivity contribution < 1.29 is 4.48 Å². The first-order valence-corrected chi connectivity index (χ1v) is 3.23. The van der Waals surface area contributed by atoms with Crippen LogP contribution in [0.3, 0.4) is 0 Å². The van der Waals surface area contributed by atoms with Gasteiger partial charge in [0.25, 0.3) is 0 Å². The zero-order chi connectivity index (χ0) is 7.56. The lowest BCUT2D eigenvalue weighted by atomic mass is 10.3. The molecule has 0 aliphatic heterocycles. The first-order chi connectivity index (χ1) is 4.72. The molecule has 0 N–H and O–H groups in total. The number of anilines is 1. The summed E-state index contributed by atoms with van der Waals surface area (Å²) in [5.41, 5.74) is 0.393. The lowest BCUT2D eigenvalue weighted by Crippen LogP contribution is -2.02. The van der Waals surface area contributed by atoms with Crippen molar-refractivity contribution in [1.82, 2.24) is 0 Å². The summed E-state index contributed by atoms with van der Waals surface area (Å²) in [4.78, 5) is 0. The highest BCUT2D eigenvalue weighted by Crippen LogP contribution is 2.23. The molecule has 3 heteroatoms. The summed E-state index contributed by atoms with van der Waals surface area (Å²) in [5.74, 6) is 0. The van der Waals surface area contributed by atoms with Crippen LogP contribution in [-0.4, -0.2) is 7.05 Å². The minimum absolute atomic E-state index is 0.393. The van der Waals surface area contributed by atoms with E-state index < -0.39 is 0 Å². The van der Waals surface area contributed by atoms with Crippen molar-refractivity contribution in [2.75, 3.05) is 12.2 Å². The number of hydrogen-bond donors (Lipinski definition) is 0. The zero-order valence-electron chi connectivity index (χ0n) is 5.51. The van der Waals surface area contributed by atoms with E-state index in [1.165, 1.54) is 7.05 Å². The fourth-order valence-corrected chi connectivity index (χ4v) is 0.954. The third-order valence-corrected chi connectivity index (χ3v) is 1.50. The Morgan fingerprint density at radius 1 is 1.40 bits per heavy atom. The van der Waals surface area contributed by atoms with E-state index in [0.717, 1.165) is 0 Å². The summed E-state index contributed by atoms with van der Waals surface area (Å²) in [6.07, 6.45) is 0. The lowest BCUT2D eigenvalue weighted by Gasteiger charge is -2.07. The molecular weight excluding hydrogens is 153 g/mol. The molecule has 1 aromatic carbocycles. The molecule has 0 atom stereocenters. The van der Waals surface area contributed by atoms with Gasteiger partial charge in [-0.3, -0.25) is 0 Å². The van der Waals surface area contributed by atoms with Crippen molar-refractivity contribution in [3.05, 3.63) is 29.3 Å². The minimum Gasteiger partial charge on any atom is -0.213 e. The first kappa shape index (κ1) is 7.35. The summed E-state index contributed by atoms with van der Waals surface area (Å²) in [6, 6.07) is 6.75. The maximum absolute atomic E-state index is 12.4. The molecule has 0 heterocycles. The Kier molecular flexibility index (Phi) is 2.12. The van der Waals surface area contributed by atoms with Gasteiger partial charge < -0.3 is 0 Å². The van der Waals surface area contributed by atoms with Gasteiger partial charge in [-0.05, 0) is 12.1 Å². The van der Waals surface area contributed by atoms with Crippen LogP contribution in [0, 0.1) is 0 Å². The molecule has 0 unspecified atom stereocenters. The largest absolute Gasteiger partial charge is 0.213 e. The van der Waals surface area contributed by atoms with E-state index in [1.807, 2.05) is 0 Å². The molecule has 0 radical (unpaired) electrons. The van der Waals surface area contributed by atoms with E-state index in [9.17, 15) is 4.48 Å². The minimum atomic E-state index is 0.393. The van der Waals surface area contributed by atoms with E-state index in [4.69, 9.17) is 11.6 Å². The summed E-state index contributed by atoms with van der Waals surface area (Å²) < 4.78 is 12.4. The van der Waals surface area contributed by atoms with E-state index in [-0.39, 0.29) is 0 Å². The molecule has 0 fully saturated rings. The highest BCUT2D eigenvalue weighted by atomic mass is 35.5. The monoisotopic (exact) mass is 159 g/mol. The molecule has 0 saturated heterocycles. The second kappa shape index (κ2) is 2.88. The van der Waals surface area contributed by atoms with Crippen molar-refractivity contribution in [2.24, 2.45) is 0 Å². The van der Waals surface area contributed by atoms with Crippen LogP contribution in [-0.2, 0) is 0 Å². The topological polar surface area (TPSA) is 3.24 Å². The van der Waals surface area contributed by atoms with Crippen LogP contribution in [0.1, 0.15) is 0 Å². The number of rotatable bonds is 1. The summed E-state index contributed by atoms with van der Waals surface area (Å²) in [6.45, 7) is 0. The molecule has 0 aromatic heterocycles. The van der Waals surface area contributed by atoms with Crippen molar-refractivity contribution in [2.45, 2.75) is 0 Å². The van der Waals surface area contributed by atoms with Crippen molar-refractivity contribution in [3.8, 4) is 0 Å². The Bertz CT molecular complexity index is 225.